The molecule has 1 aromatic carbocycles. The number of nitrogens with one attached hydrogen (secondary N) is 1. The van der Waals surface area contributed by atoms with E-state index < -0.39 is 38.8 Å². The Kier molecular flexibility index (Phi) is 6.04. The molecular weight excluding hydrogens is 413 g/mol. The molecule has 3 rings (SSSR count). The van der Waals surface area contributed by atoms with Gasteiger partial charge in [-0.25, -0.2) is 8.78 Å². The minimum Gasteiger partial charge on any atom is -0.598 e. The summed E-state index contributed by atoms with van der Waals surface area (Å²) in [6, 6.07) is 3.22. The first-order valence-corrected chi connectivity index (χ1v) is 10.5. The second kappa shape index (κ2) is 7.84. The first-order valence-electron chi connectivity index (χ1n) is 8.56. The average Bonchev–Trinajstić information content (AvgIpc) is 3.42. The number of halogens is 4. The van der Waals surface area contributed by atoms with Gasteiger partial charge < -0.3 is 4.55 Å². The Morgan fingerprint density at radius 1 is 1.26 bits per heavy atom. The van der Waals surface area contributed by atoms with Gasteiger partial charge in [0.25, 0.3) is 0 Å². The molecular formula is C19H20Cl2F2N2OS. The predicted octanol–water partition coefficient (Wildman–Crippen LogP) is 5.69. The van der Waals surface area contributed by atoms with Crippen molar-refractivity contribution < 1.29 is 13.3 Å². The van der Waals surface area contributed by atoms with Gasteiger partial charge in [0.1, 0.15) is 27.4 Å². The van der Waals surface area contributed by atoms with Crippen LogP contribution in [-0.2, 0) is 11.4 Å². The van der Waals surface area contributed by atoms with E-state index in [0.29, 0.717) is 16.5 Å². The van der Waals surface area contributed by atoms with Gasteiger partial charge in [-0.15, -0.1) is 4.72 Å². The SMILES string of the molecule is CC(C)(C)[S+]([O-])N[C@H](c1cnc(C2CC2)c(Cl)c1)c1ccc(F)c(Cl)c1F. The van der Waals surface area contributed by atoms with Gasteiger partial charge in [0.05, 0.1) is 10.7 Å². The number of aromatic nitrogens is 1. The fraction of sp³-hybridized carbons (Fsp3) is 0.421. The van der Waals surface area contributed by atoms with E-state index in [2.05, 4.69) is 9.71 Å². The maximum absolute atomic E-state index is 14.7. The molecule has 27 heavy (non-hydrogen) atoms. The molecule has 1 N–H and O–H groups in total. The van der Waals surface area contributed by atoms with E-state index in [-0.39, 0.29) is 5.56 Å². The van der Waals surface area contributed by atoms with E-state index >= 15 is 0 Å². The summed E-state index contributed by atoms with van der Waals surface area (Å²) in [5.41, 5.74) is 1.42. The van der Waals surface area contributed by atoms with Gasteiger partial charge in [-0.05, 0) is 51.3 Å². The maximum Gasteiger partial charge on any atom is 0.150 e. The Morgan fingerprint density at radius 2 is 1.93 bits per heavy atom. The Bertz CT molecular complexity index is 856. The topological polar surface area (TPSA) is 48.0 Å². The molecule has 146 valence electrons. The van der Waals surface area contributed by atoms with E-state index in [1.807, 2.05) is 0 Å². The Labute approximate surface area is 170 Å². The monoisotopic (exact) mass is 432 g/mol. The van der Waals surface area contributed by atoms with Crippen LogP contribution in [0.1, 0.15) is 62.4 Å². The highest BCUT2D eigenvalue weighted by atomic mass is 35.5. The Morgan fingerprint density at radius 3 is 2.48 bits per heavy atom. The van der Waals surface area contributed by atoms with Crippen molar-refractivity contribution in [1.82, 2.24) is 9.71 Å². The summed E-state index contributed by atoms with van der Waals surface area (Å²) in [5.74, 6) is -1.39. The summed E-state index contributed by atoms with van der Waals surface area (Å²) < 4.78 is 43.3. The van der Waals surface area contributed by atoms with Gasteiger partial charge in [-0.3, -0.25) is 4.98 Å². The van der Waals surface area contributed by atoms with E-state index in [4.69, 9.17) is 23.2 Å². The van der Waals surface area contributed by atoms with Gasteiger partial charge in [0.2, 0.25) is 0 Å². The summed E-state index contributed by atoms with van der Waals surface area (Å²) >= 11 is 10.6. The summed E-state index contributed by atoms with van der Waals surface area (Å²) in [5, 5.41) is -0.119. The van der Waals surface area contributed by atoms with Crippen LogP contribution in [0.15, 0.2) is 24.4 Å². The van der Waals surface area contributed by atoms with Crippen LogP contribution >= 0.6 is 23.2 Å². The number of rotatable bonds is 5. The molecule has 8 heteroatoms. The molecule has 3 nitrogen and oxygen atoms in total. The lowest BCUT2D eigenvalue weighted by Crippen LogP contribution is -2.41. The van der Waals surface area contributed by atoms with Crippen molar-refractivity contribution in [3.8, 4) is 0 Å². The second-order valence-corrected chi connectivity index (χ2v) is 10.4. The highest BCUT2D eigenvalue weighted by Gasteiger charge is 2.34. The fourth-order valence-electron chi connectivity index (χ4n) is 2.64. The summed E-state index contributed by atoms with van der Waals surface area (Å²) in [4.78, 5) is 4.43. The van der Waals surface area contributed by atoms with E-state index in [0.717, 1.165) is 24.6 Å². The third-order valence-electron chi connectivity index (χ3n) is 4.35. The Hall–Kier alpha value is -0.920. The number of hydrogen-bond donors (Lipinski definition) is 1. The molecule has 2 aromatic rings. The van der Waals surface area contributed by atoms with Gasteiger partial charge in [-0.1, -0.05) is 29.3 Å². The molecule has 2 atom stereocenters. The van der Waals surface area contributed by atoms with Crippen LogP contribution in [0.25, 0.3) is 0 Å². The first kappa shape index (κ1) is 20.8. The lowest BCUT2D eigenvalue weighted by Gasteiger charge is -2.28. The molecule has 1 aliphatic rings. The lowest BCUT2D eigenvalue weighted by molar-refractivity contribution is 0.525. The van der Waals surface area contributed by atoms with Crippen LogP contribution in [0.3, 0.4) is 0 Å². The van der Waals surface area contributed by atoms with Gasteiger partial charge >= 0.3 is 0 Å². The third kappa shape index (κ3) is 4.57. The highest BCUT2D eigenvalue weighted by molar-refractivity contribution is 7.90. The molecule has 0 saturated heterocycles. The molecule has 0 radical (unpaired) electrons. The standard InChI is InChI=1S/C19H20Cl2F2N2OS/c1-19(2,3)27(26)25-17(12-6-7-14(22)15(21)16(12)23)11-8-13(20)18(24-9-11)10-4-5-10/h6-10,17,25H,4-5H2,1-3H3/t17-,27?/m1/s1. The minimum absolute atomic E-state index is 0.0797. The zero-order chi connectivity index (χ0) is 19.9. The largest absolute Gasteiger partial charge is 0.598 e. The third-order valence-corrected chi connectivity index (χ3v) is 6.56. The van der Waals surface area contributed by atoms with Crippen molar-refractivity contribution in [3.05, 3.63) is 62.9 Å². The molecule has 0 spiro atoms. The summed E-state index contributed by atoms with van der Waals surface area (Å²) in [6.45, 7) is 5.38. The van der Waals surface area contributed by atoms with Crippen molar-refractivity contribution in [2.75, 3.05) is 0 Å². The fourth-order valence-corrected chi connectivity index (χ4v) is 3.97. The predicted molar refractivity (Wildman–Crippen MR) is 105 cm³/mol. The highest BCUT2D eigenvalue weighted by Crippen LogP contribution is 2.43. The van der Waals surface area contributed by atoms with Gasteiger partial charge in [0.15, 0.2) is 0 Å². The zero-order valence-corrected chi connectivity index (χ0v) is 17.5. The van der Waals surface area contributed by atoms with Crippen LogP contribution in [0, 0.1) is 11.6 Å². The molecule has 1 aromatic heterocycles. The number of benzene rings is 1. The summed E-state index contributed by atoms with van der Waals surface area (Å²) in [7, 11) is 0. The van der Waals surface area contributed by atoms with Crippen molar-refractivity contribution >= 4 is 34.6 Å². The van der Waals surface area contributed by atoms with E-state index in [1.54, 1.807) is 33.0 Å². The molecule has 0 aliphatic heterocycles. The van der Waals surface area contributed by atoms with Crippen molar-refractivity contribution in [2.24, 2.45) is 0 Å². The normalized spacial score (nSPS) is 17.0. The van der Waals surface area contributed by atoms with Gasteiger partial charge in [0, 0.05) is 29.0 Å². The molecule has 0 bridgehead atoms. The molecule has 0 amide bonds. The molecule has 1 saturated carbocycles. The molecule has 1 unspecified atom stereocenters. The van der Waals surface area contributed by atoms with Crippen LogP contribution in [0.5, 0.6) is 0 Å². The zero-order valence-electron chi connectivity index (χ0n) is 15.2. The van der Waals surface area contributed by atoms with Crippen LogP contribution in [0.2, 0.25) is 10.0 Å². The minimum atomic E-state index is -1.52. The van der Waals surface area contributed by atoms with E-state index in [9.17, 15) is 13.3 Å². The van der Waals surface area contributed by atoms with Crippen LogP contribution in [0.4, 0.5) is 8.78 Å². The average molecular weight is 433 g/mol. The van der Waals surface area contributed by atoms with Gasteiger partial charge in [-0.2, -0.15) is 0 Å². The molecule has 1 aliphatic carbocycles. The quantitative estimate of drug-likeness (QED) is 0.487. The lowest BCUT2D eigenvalue weighted by atomic mass is 10.00. The molecule has 1 heterocycles. The van der Waals surface area contributed by atoms with Crippen molar-refractivity contribution in [1.29, 1.82) is 0 Å². The molecule has 1 fully saturated rings. The Balaban J connectivity index is 2.05. The van der Waals surface area contributed by atoms with Crippen LogP contribution < -0.4 is 4.72 Å². The summed E-state index contributed by atoms with van der Waals surface area (Å²) in [6.07, 6.45) is 3.68. The number of nitrogens with zero attached hydrogens (tertiary/aromatic N) is 1. The van der Waals surface area contributed by atoms with Crippen LogP contribution in [-0.4, -0.2) is 14.3 Å². The maximum atomic E-state index is 14.7. The first-order chi connectivity index (χ1) is 12.6. The second-order valence-electron chi connectivity index (χ2n) is 7.61. The number of pyridine rings is 1. The van der Waals surface area contributed by atoms with Crippen molar-refractivity contribution in [3.63, 3.8) is 0 Å². The number of hydrogen-bond acceptors (Lipinski definition) is 3. The smallest absolute Gasteiger partial charge is 0.150 e. The van der Waals surface area contributed by atoms with Crippen molar-refractivity contribution in [2.45, 2.75) is 50.3 Å². The van der Waals surface area contributed by atoms with E-state index in [1.165, 1.54) is 6.07 Å².